The van der Waals surface area contributed by atoms with Crippen LogP contribution in [0.3, 0.4) is 0 Å². The van der Waals surface area contributed by atoms with E-state index < -0.39 is 5.97 Å². The Bertz CT molecular complexity index is 474. The van der Waals surface area contributed by atoms with Gasteiger partial charge in [-0.2, -0.15) is 0 Å². The monoisotopic (exact) mass is 280 g/mol. The average molecular weight is 280 g/mol. The van der Waals surface area contributed by atoms with Crippen molar-refractivity contribution in [3.05, 3.63) is 24.3 Å². The lowest BCUT2D eigenvalue weighted by Crippen LogP contribution is -2.43. The number of carbonyl (C=O) groups is 2. The fourth-order valence-corrected chi connectivity index (χ4v) is 1.59. The van der Waals surface area contributed by atoms with E-state index in [9.17, 15) is 9.59 Å². The minimum absolute atomic E-state index is 0.0900. The van der Waals surface area contributed by atoms with E-state index in [-0.39, 0.29) is 25.1 Å². The Labute approximate surface area is 118 Å². The molecule has 1 rings (SSSR count). The first-order valence-corrected chi connectivity index (χ1v) is 6.28. The second-order valence-corrected chi connectivity index (χ2v) is 4.55. The van der Waals surface area contributed by atoms with Crippen molar-refractivity contribution in [2.75, 3.05) is 26.0 Å². The van der Waals surface area contributed by atoms with E-state index >= 15 is 0 Å². The highest BCUT2D eigenvalue weighted by atomic mass is 16.5. The van der Waals surface area contributed by atoms with Crippen molar-refractivity contribution in [2.24, 2.45) is 0 Å². The predicted molar refractivity (Wildman–Crippen MR) is 75.2 cm³/mol. The summed E-state index contributed by atoms with van der Waals surface area (Å²) >= 11 is 0. The van der Waals surface area contributed by atoms with Gasteiger partial charge in [-0.15, -0.1) is 0 Å². The molecule has 0 heterocycles. The molecule has 1 amide bonds. The highest BCUT2D eigenvalue weighted by Gasteiger charge is 2.20. The number of hydrogen-bond donors (Lipinski definition) is 1. The molecule has 0 spiro atoms. The second-order valence-electron chi connectivity index (χ2n) is 4.55. The number of hydrogen-bond acceptors (Lipinski definition) is 5. The van der Waals surface area contributed by atoms with Crippen molar-refractivity contribution in [1.82, 2.24) is 4.90 Å². The van der Waals surface area contributed by atoms with Gasteiger partial charge in [-0.05, 0) is 26.0 Å². The van der Waals surface area contributed by atoms with E-state index in [0.29, 0.717) is 11.4 Å². The van der Waals surface area contributed by atoms with E-state index in [4.69, 9.17) is 10.5 Å². The standard InChI is InChI=1S/C14H20N2O4/c1-10(2)16(8-14(18)19-3)13(17)9-20-12-6-4-5-11(15)7-12/h4-7,10H,8-9,15H2,1-3H3. The van der Waals surface area contributed by atoms with Crippen LogP contribution in [0.5, 0.6) is 5.75 Å². The molecule has 0 aliphatic heterocycles. The zero-order valence-electron chi connectivity index (χ0n) is 12.0. The quantitative estimate of drug-likeness (QED) is 0.622. The molecule has 110 valence electrons. The molecule has 0 fully saturated rings. The maximum Gasteiger partial charge on any atom is 0.325 e. The first-order valence-electron chi connectivity index (χ1n) is 6.28. The minimum atomic E-state index is -0.462. The van der Waals surface area contributed by atoms with Gasteiger partial charge in [-0.3, -0.25) is 9.59 Å². The zero-order valence-corrected chi connectivity index (χ0v) is 12.0. The Kier molecular flexibility index (Phi) is 5.83. The van der Waals surface area contributed by atoms with Crippen molar-refractivity contribution < 1.29 is 19.1 Å². The predicted octanol–water partition coefficient (Wildman–Crippen LogP) is 1.06. The molecule has 0 saturated heterocycles. The smallest absolute Gasteiger partial charge is 0.325 e. The minimum Gasteiger partial charge on any atom is -0.484 e. The van der Waals surface area contributed by atoms with Crippen LogP contribution in [0, 0.1) is 0 Å². The number of rotatable bonds is 6. The Morgan fingerprint density at radius 3 is 2.60 bits per heavy atom. The van der Waals surface area contributed by atoms with Gasteiger partial charge in [0, 0.05) is 17.8 Å². The molecule has 6 heteroatoms. The molecular formula is C14H20N2O4. The number of nitrogens with two attached hydrogens (primary N) is 1. The Morgan fingerprint density at radius 1 is 1.35 bits per heavy atom. The molecule has 6 nitrogen and oxygen atoms in total. The molecule has 0 aromatic heterocycles. The molecule has 0 bridgehead atoms. The fraction of sp³-hybridized carbons (Fsp3) is 0.429. The summed E-state index contributed by atoms with van der Waals surface area (Å²) in [6.45, 7) is 3.40. The Morgan fingerprint density at radius 2 is 2.05 bits per heavy atom. The molecule has 0 unspecified atom stereocenters. The molecule has 2 N–H and O–H groups in total. The number of nitrogens with zero attached hydrogens (tertiary/aromatic N) is 1. The largest absolute Gasteiger partial charge is 0.484 e. The summed E-state index contributed by atoms with van der Waals surface area (Å²) in [4.78, 5) is 24.7. The number of amides is 1. The summed E-state index contributed by atoms with van der Waals surface area (Å²) < 4.78 is 9.94. The summed E-state index contributed by atoms with van der Waals surface area (Å²) in [5, 5.41) is 0. The zero-order chi connectivity index (χ0) is 15.1. The van der Waals surface area contributed by atoms with Crippen LogP contribution in [0.4, 0.5) is 5.69 Å². The third-order valence-corrected chi connectivity index (χ3v) is 2.69. The topological polar surface area (TPSA) is 81.9 Å². The van der Waals surface area contributed by atoms with Gasteiger partial charge in [0.15, 0.2) is 6.61 Å². The van der Waals surface area contributed by atoms with Crippen LogP contribution in [0.2, 0.25) is 0 Å². The van der Waals surface area contributed by atoms with E-state index in [2.05, 4.69) is 4.74 Å². The molecule has 0 aliphatic carbocycles. The molecule has 1 aromatic rings. The third kappa shape index (κ3) is 4.79. The first kappa shape index (κ1) is 15.8. The summed E-state index contributed by atoms with van der Waals surface area (Å²) in [6, 6.07) is 6.69. The number of ether oxygens (including phenoxy) is 2. The van der Waals surface area contributed by atoms with Crippen molar-refractivity contribution in [3.8, 4) is 5.75 Å². The normalized spacial score (nSPS) is 10.2. The van der Waals surface area contributed by atoms with Crippen molar-refractivity contribution in [2.45, 2.75) is 19.9 Å². The van der Waals surface area contributed by atoms with Crippen LogP contribution >= 0.6 is 0 Å². The molecule has 0 saturated carbocycles. The van der Waals surface area contributed by atoms with Gasteiger partial charge in [0.2, 0.25) is 0 Å². The summed E-state index contributed by atoms with van der Waals surface area (Å²) in [5.74, 6) is -0.232. The SMILES string of the molecule is COC(=O)CN(C(=O)COc1cccc(N)c1)C(C)C. The van der Waals surface area contributed by atoms with E-state index in [1.165, 1.54) is 12.0 Å². The van der Waals surface area contributed by atoms with Gasteiger partial charge in [-0.1, -0.05) is 6.07 Å². The third-order valence-electron chi connectivity index (χ3n) is 2.69. The van der Waals surface area contributed by atoms with Gasteiger partial charge in [0.05, 0.1) is 7.11 Å². The Balaban J connectivity index is 2.60. The van der Waals surface area contributed by atoms with E-state index in [0.717, 1.165) is 0 Å². The number of benzene rings is 1. The molecular weight excluding hydrogens is 260 g/mol. The number of methoxy groups -OCH3 is 1. The van der Waals surface area contributed by atoms with E-state index in [1.807, 2.05) is 13.8 Å². The average Bonchev–Trinajstić information content (AvgIpc) is 2.41. The number of esters is 1. The maximum atomic E-state index is 12.1. The summed E-state index contributed by atoms with van der Waals surface area (Å²) in [7, 11) is 1.29. The van der Waals surface area contributed by atoms with Crippen LogP contribution in [-0.4, -0.2) is 43.1 Å². The fourth-order valence-electron chi connectivity index (χ4n) is 1.59. The molecule has 1 aromatic carbocycles. The molecule has 0 aliphatic rings. The van der Waals surface area contributed by atoms with Crippen LogP contribution in [0.1, 0.15) is 13.8 Å². The summed E-state index contributed by atoms with van der Waals surface area (Å²) in [6.07, 6.45) is 0. The molecule has 0 atom stereocenters. The summed E-state index contributed by atoms with van der Waals surface area (Å²) in [5.41, 5.74) is 6.18. The van der Waals surface area contributed by atoms with Crippen LogP contribution in [-0.2, 0) is 14.3 Å². The first-order chi connectivity index (χ1) is 9.43. The number of anilines is 1. The van der Waals surface area contributed by atoms with E-state index in [1.54, 1.807) is 24.3 Å². The van der Waals surface area contributed by atoms with Crippen molar-refractivity contribution in [1.29, 1.82) is 0 Å². The highest BCUT2D eigenvalue weighted by molar-refractivity contribution is 5.83. The number of nitrogen functional groups attached to an aromatic ring is 1. The molecule has 0 radical (unpaired) electrons. The van der Waals surface area contributed by atoms with Gasteiger partial charge < -0.3 is 20.1 Å². The van der Waals surface area contributed by atoms with Crippen molar-refractivity contribution >= 4 is 17.6 Å². The van der Waals surface area contributed by atoms with Crippen LogP contribution in [0.25, 0.3) is 0 Å². The van der Waals surface area contributed by atoms with Crippen molar-refractivity contribution in [3.63, 3.8) is 0 Å². The lowest BCUT2D eigenvalue weighted by atomic mass is 10.3. The van der Waals surface area contributed by atoms with Gasteiger partial charge >= 0.3 is 5.97 Å². The van der Waals surface area contributed by atoms with Gasteiger partial charge in [0.1, 0.15) is 12.3 Å². The number of carbonyl (C=O) groups excluding carboxylic acids is 2. The molecule has 20 heavy (non-hydrogen) atoms. The lowest BCUT2D eigenvalue weighted by Gasteiger charge is -2.25. The van der Waals surface area contributed by atoms with Gasteiger partial charge in [-0.25, -0.2) is 0 Å². The second kappa shape index (κ2) is 7.37. The Hall–Kier alpha value is -2.24. The lowest BCUT2D eigenvalue weighted by molar-refractivity contribution is -0.149. The highest BCUT2D eigenvalue weighted by Crippen LogP contribution is 2.14. The van der Waals surface area contributed by atoms with Gasteiger partial charge in [0.25, 0.3) is 5.91 Å². The van der Waals surface area contributed by atoms with Crippen LogP contribution < -0.4 is 10.5 Å². The van der Waals surface area contributed by atoms with Crippen LogP contribution in [0.15, 0.2) is 24.3 Å². The maximum absolute atomic E-state index is 12.1.